The van der Waals surface area contributed by atoms with Crippen LogP contribution in [0.4, 0.5) is 0 Å². The van der Waals surface area contributed by atoms with E-state index in [-0.39, 0.29) is 11.9 Å². The minimum Gasteiger partial charge on any atom is -0.481 e. The zero-order valence-corrected chi connectivity index (χ0v) is 14.8. The second kappa shape index (κ2) is 8.31. The molecule has 1 aromatic heterocycles. The molecule has 1 aliphatic rings. The molecule has 0 radical (unpaired) electrons. The lowest BCUT2D eigenvalue weighted by atomic mass is 10.2. The van der Waals surface area contributed by atoms with Crippen molar-refractivity contribution in [3.05, 3.63) is 52.7 Å². The number of hydrogen-bond acceptors (Lipinski definition) is 4. The highest BCUT2D eigenvalue weighted by Crippen LogP contribution is 2.27. The molecule has 2 aromatic rings. The normalized spacial score (nSPS) is 17.4. The Balaban J connectivity index is 1.56. The van der Waals surface area contributed by atoms with Gasteiger partial charge >= 0.3 is 0 Å². The number of thiophene rings is 1. The van der Waals surface area contributed by atoms with Crippen LogP contribution in [0.5, 0.6) is 5.75 Å². The van der Waals surface area contributed by atoms with Crippen LogP contribution in [-0.2, 0) is 4.79 Å². The molecule has 1 saturated heterocycles. The predicted octanol–water partition coefficient (Wildman–Crippen LogP) is 3.47. The average Bonchev–Trinajstić information content (AvgIpc) is 3.30. The summed E-state index contributed by atoms with van der Waals surface area (Å²) in [6, 6.07) is 14.0. The van der Waals surface area contributed by atoms with E-state index in [9.17, 15) is 4.79 Å². The smallest absolute Gasteiger partial charge is 0.260 e. The van der Waals surface area contributed by atoms with Gasteiger partial charge in [-0.05, 0) is 56.4 Å². The van der Waals surface area contributed by atoms with E-state index in [0.29, 0.717) is 6.54 Å². The number of likely N-dealkylation sites (tertiary alicyclic amines) is 1. The molecular formula is C19H24N2O2S. The quantitative estimate of drug-likeness (QED) is 0.836. The molecular weight excluding hydrogens is 320 g/mol. The number of nitrogens with one attached hydrogen (secondary N) is 1. The van der Waals surface area contributed by atoms with Crippen molar-refractivity contribution in [3.63, 3.8) is 0 Å². The third kappa shape index (κ3) is 4.36. The van der Waals surface area contributed by atoms with Crippen LogP contribution in [0.25, 0.3) is 0 Å². The van der Waals surface area contributed by atoms with E-state index < -0.39 is 6.10 Å². The summed E-state index contributed by atoms with van der Waals surface area (Å²) in [5, 5.41) is 5.17. The molecule has 4 nitrogen and oxygen atoms in total. The molecule has 1 aromatic carbocycles. The fourth-order valence-corrected chi connectivity index (χ4v) is 3.90. The third-order valence-electron chi connectivity index (χ3n) is 4.35. The summed E-state index contributed by atoms with van der Waals surface area (Å²) in [6.07, 6.45) is 1.97. The van der Waals surface area contributed by atoms with Gasteiger partial charge in [0.05, 0.1) is 6.04 Å². The molecule has 0 saturated carbocycles. The minimum atomic E-state index is -0.505. The Bertz CT molecular complexity index is 624. The summed E-state index contributed by atoms with van der Waals surface area (Å²) in [6.45, 7) is 4.63. The number of hydrogen-bond donors (Lipinski definition) is 1. The largest absolute Gasteiger partial charge is 0.481 e. The fourth-order valence-electron chi connectivity index (χ4n) is 3.04. The number of rotatable bonds is 7. The maximum absolute atomic E-state index is 12.4. The van der Waals surface area contributed by atoms with E-state index in [1.54, 1.807) is 18.3 Å². The van der Waals surface area contributed by atoms with Gasteiger partial charge in [0, 0.05) is 11.4 Å². The lowest BCUT2D eigenvalue weighted by molar-refractivity contribution is -0.127. The summed E-state index contributed by atoms with van der Waals surface area (Å²) < 4.78 is 5.70. The molecule has 1 N–H and O–H groups in total. The van der Waals surface area contributed by atoms with Crippen LogP contribution in [0.1, 0.15) is 30.7 Å². The van der Waals surface area contributed by atoms with Crippen LogP contribution in [0, 0.1) is 0 Å². The molecule has 128 valence electrons. The van der Waals surface area contributed by atoms with Gasteiger partial charge in [-0.3, -0.25) is 9.69 Å². The molecule has 2 unspecified atom stereocenters. The first-order chi connectivity index (χ1) is 11.7. The first-order valence-electron chi connectivity index (χ1n) is 8.51. The molecule has 0 bridgehead atoms. The van der Waals surface area contributed by atoms with Gasteiger partial charge in [-0.25, -0.2) is 0 Å². The fraction of sp³-hybridized carbons (Fsp3) is 0.421. The Hall–Kier alpha value is -1.85. The number of para-hydroxylation sites is 1. The lowest BCUT2D eigenvalue weighted by Gasteiger charge is -2.27. The molecule has 3 rings (SSSR count). The molecule has 0 aliphatic carbocycles. The second-order valence-corrected chi connectivity index (χ2v) is 7.07. The number of amides is 1. The summed E-state index contributed by atoms with van der Waals surface area (Å²) in [7, 11) is 0. The molecule has 2 heterocycles. The van der Waals surface area contributed by atoms with Gasteiger partial charge in [0.25, 0.3) is 5.91 Å². The first-order valence-corrected chi connectivity index (χ1v) is 9.39. The van der Waals surface area contributed by atoms with E-state index >= 15 is 0 Å². The van der Waals surface area contributed by atoms with Crippen molar-refractivity contribution in [2.75, 3.05) is 19.6 Å². The predicted molar refractivity (Wildman–Crippen MR) is 97.4 cm³/mol. The van der Waals surface area contributed by atoms with Crippen molar-refractivity contribution in [2.45, 2.75) is 31.9 Å². The van der Waals surface area contributed by atoms with Gasteiger partial charge in [-0.15, -0.1) is 11.3 Å². The lowest BCUT2D eigenvalue weighted by Crippen LogP contribution is -2.41. The van der Waals surface area contributed by atoms with Crippen molar-refractivity contribution in [2.24, 2.45) is 0 Å². The van der Waals surface area contributed by atoms with Gasteiger partial charge in [0.1, 0.15) is 5.75 Å². The molecule has 2 atom stereocenters. The van der Waals surface area contributed by atoms with Crippen LogP contribution >= 0.6 is 11.3 Å². The first kappa shape index (κ1) is 17.0. The monoisotopic (exact) mass is 344 g/mol. The molecule has 1 fully saturated rings. The number of benzene rings is 1. The van der Waals surface area contributed by atoms with Crippen molar-refractivity contribution in [1.29, 1.82) is 0 Å². The van der Waals surface area contributed by atoms with Gasteiger partial charge in [-0.2, -0.15) is 0 Å². The number of carbonyl (C=O) groups is 1. The summed E-state index contributed by atoms with van der Waals surface area (Å²) in [5.74, 6) is 0.647. The zero-order chi connectivity index (χ0) is 16.8. The SMILES string of the molecule is CC(Oc1ccccc1)C(=O)NCC(c1cccs1)N1CCCC1. The maximum Gasteiger partial charge on any atom is 0.260 e. The van der Waals surface area contributed by atoms with Gasteiger partial charge in [-0.1, -0.05) is 24.3 Å². The van der Waals surface area contributed by atoms with Gasteiger partial charge in [0.2, 0.25) is 0 Å². The molecule has 24 heavy (non-hydrogen) atoms. The van der Waals surface area contributed by atoms with Crippen molar-refractivity contribution in [1.82, 2.24) is 10.2 Å². The van der Waals surface area contributed by atoms with Gasteiger partial charge < -0.3 is 10.1 Å². The maximum atomic E-state index is 12.4. The van der Waals surface area contributed by atoms with E-state index in [4.69, 9.17) is 4.74 Å². The summed E-state index contributed by atoms with van der Waals surface area (Å²) >= 11 is 1.76. The molecule has 1 amide bonds. The Morgan fingerprint density at radius 3 is 2.62 bits per heavy atom. The molecule has 5 heteroatoms. The third-order valence-corrected chi connectivity index (χ3v) is 5.32. The Kier molecular flexibility index (Phi) is 5.88. The summed E-state index contributed by atoms with van der Waals surface area (Å²) in [5.41, 5.74) is 0. The van der Waals surface area contributed by atoms with Crippen molar-refractivity contribution in [3.8, 4) is 5.75 Å². The number of carbonyl (C=O) groups excluding carboxylic acids is 1. The van der Waals surface area contributed by atoms with E-state index in [1.165, 1.54) is 17.7 Å². The topological polar surface area (TPSA) is 41.6 Å². The second-order valence-electron chi connectivity index (χ2n) is 6.09. The highest BCUT2D eigenvalue weighted by Gasteiger charge is 2.25. The minimum absolute atomic E-state index is 0.0698. The van der Waals surface area contributed by atoms with Crippen LogP contribution < -0.4 is 10.1 Å². The Morgan fingerprint density at radius 1 is 1.21 bits per heavy atom. The van der Waals surface area contributed by atoms with Gasteiger partial charge in [0.15, 0.2) is 6.10 Å². The Morgan fingerprint density at radius 2 is 1.96 bits per heavy atom. The van der Waals surface area contributed by atoms with E-state index in [2.05, 4.69) is 27.7 Å². The van der Waals surface area contributed by atoms with Crippen LogP contribution in [-0.4, -0.2) is 36.5 Å². The highest BCUT2D eigenvalue weighted by molar-refractivity contribution is 7.10. The van der Waals surface area contributed by atoms with Crippen molar-refractivity contribution >= 4 is 17.2 Å². The zero-order valence-electron chi connectivity index (χ0n) is 14.0. The van der Waals surface area contributed by atoms with Crippen LogP contribution in [0.3, 0.4) is 0 Å². The summed E-state index contributed by atoms with van der Waals surface area (Å²) in [4.78, 5) is 16.2. The average molecular weight is 344 g/mol. The van der Waals surface area contributed by atoms with E-state index in [1.807, 2.05) is 30.3 Å². The number of nitrogens with zero attached hydrogens (tertiary/aromatic N) is 1. The van der Waals surface area contributed by atoms with E-state index in [0.717, 1.165) is 18.8 Å². The molecule has 1 aliphatic heterocycles. The van der Waals surface area contributed by atoms with Crippen LogP contribution in [0.2, 0.25) is 0 Å². The van der Waals surface area contributed by atoms with Crippen LogP contribution in [0.15, 0.2) is 47.8 Å². The highest BCUT2D eigenvalue weighted by atomic mass is 32.1. The van der Waals surface area contributed by atoms with Crippen molar-refractivity contribution < 1.29 is 9.53 Å². The number of ether oxygens (including phenoxy) is 1. The standard InChI is InChI=1S/C19H24N2O2S/c1-15(23-16-8-3-2-4-9-16)19(22)20-14-17(18-10-7-13-24-18)21-11-5-6-12-21/h2-4,7-10,13,15,17H,5-6,11-12,14H2,1H3,(H,20,22). The Labute approximate surface area is 147 Å². The molecule has 0 spiro atoms.